The lowest BCUT2D eigenvalue weighted by molar-refractivity contribution is -0.125. The van der Waals surface area contributed by atoms with Crippen molar-refractivity contribution in [2.75, 3.05) is 18.4 Å². The standard InChI is InChI=1S/C22H22BrFN6O4/c23-15-12-14(6-7-16(15)24)30-19(29-33-21(30)32)17-18(28-34-27-17)26-20(31)22(8-10-25-11-9-22)13-4-2-1-3-5-13/h4,6-7,12,25H,1-3,5,8-11H2,(H,26,28,31). The van der Waals surface area contributed by atoms with Gasteiger partial charge in [-0.1, -0.05) is 16.8 Å². The number of nitrogens with zero attached hydrogens (tertiary/aromatic N) is 4. The molecule has 2 aromatic heterocycles. The molecule has 2 N–H and O–H groups in total. The SMILES string of the molecule is O=C(Nc1nonc1-c1noc(=O)n1-c1ccc(F)c(Br)c1)C1(C2=CCCCC2)CCNCC1. The van der Waals surface area contributed by atoms with Crippen molar-refractivity contribution in [3.8, 4) is 17.2 Å². The summed E-state index contributed by atoms with van der Waals surface area (Å²) in [6, 6.07) is 4.00. The molecule has 1 aliphatic carbocycles. The Morgan fingerprint density at radius 1 is 1.21 bits per heavy atom. The van der Waals surface area contributed by atoms with Crippen molar-refractivity contribution >= 4 is 27.7 Å². The van der Waals surface area contributed by atoms with Gasteiger partial charge in [-0.3, -0.25) is 9.32 Å². The number of halogens is 2. The fraction of sp³-hybridized carbons (Fsp3) is 0.409. The van der Waals surface area contributed by atoms with Crippen LogP contribution in [0.15, 0.2) is 48.3 Å². The lowest BCUT2D eigenvalue weighted by Crippen LogP contribution is -2.46. The molecule has 1 fully saturated rings. The molecule has 12 heteroatoms. The first-order valence-corrected chi connectivity index (χ1v) is 11.9. The lowest BCUT2D eigenvalue weighted by Gasteiger charge is -2.39. The number of anilines is 1. The number of hydrogen-bond acceptors (Lipinski definition) is 8. The van der Waals surface area contributed by atoms with Crippen LogP contribution in [0.3, 0.4) is 0 Å². The van der Waals surface area contributed by atoms with Crippen LogP contribution in [0.2, 0.25) is 0 Å². The minimum absolute atomic E-state index is 0.0290. The van der Waals surface area contributed by atoms with E-state index in [9.17, 15) is 14.0 Å². The van der Waals surface area contributed by atoms with E-state index in [1.54, 1.807) is 0 Å². The Hall–Kier alpha value is -3.12. The van der Waals surface area contributed by atoms with Crippen LogP contribution in [0.4, 0.5) is 10.2 Å². The van der Waals surface area contributed by atoms with Crippen molar-refractivity contribution < 1.29 is 18.3 Å². The molecule has 2 aliphatic rings. The second-order valence-corrected chi connectivity index (χ2v) is 9.28. The third kappa shape index (κ3) is 4.00. The van der Waals surface area contributed by atoms with E-state index in [1.165, 1.54) is 18.2 Å². The number of allylic oxidation sites excluding steroid dienone is 1. The Bertz CT molecular complexity index is 1310. The maximum absolute atomic E-state index is 13.7. The van der Waals surface area contributed by atoms with Gasteiger partial charge >= 0.3 is 5.76 Å². The topological polar surface area (TPSA) is 128 Å². The molecule has 0 radical (unpaired) electrons. The van der Waals surface area contributed by atoms with Gasteiger partial charge < -0.3 is 10.6 Å². The molecule has 1 aliphatic heterocycles. The van der Waals surface area contributed by atoms with Crippen LogP contribution >= 0.6 is 15.9 Å². The number of hydrogen-bond donors (Lipinski definition) is 2. The maximum Gasteiger partial charge on any atom is 0.446 e. The molecule has 3 heterocycles. The van der Waals surface area contributed by atoms with E-state index >= 15 is 0 Å². The van der Waals surface area contributed by atoms with E-state index in [2.05, 4.69) is 48.1 Å². The van der Waals surface area contributed by atoms with E-state index in [0.717, 1.165) is 48.9 Å². The van der Waals surface area contributed by atoms with Gasteiger partial charge in [0.2, 0.25) is 17.5 Å². The van der Waals surface area contributed by atoms with Crippen molar-refractivity contribution in [3.05, 3.63) is 50.7 Å². The van der Waals surface area contributed by atoms with Crippen molar-refractivity contribution in [3.63, 3.8) is 0 Å². The van der Waals surface area contributed by atoms with E-state index in [-0.39, 0.29) is 33.4 Å². The lowest BCUT2D eigenvalue weighted by atomic mass is 9.69. The van der Waals surface area contributed by atoms with Crippen LogP contribution in [0.25, 0.3) is 17.2 Å². The number of rotatable bonds is 5. The van der Waals surface area contributed by atoms with E-state index in [0.29, 0.717) is 12.8 Å². The Kier molecular flexibility index (Phi) is 6.17. The Morgan fingerprint density at radius 2 is 2.03 bits per heavy atom. The molecule has 0 saturated carbocycles. The molecule has 34 heavy (non-hydrogen) atoms. The summed E-state index contributed by atoms with van der Waals surface area (Å²) < 4.78 is 24.7. The van der Waals surface area contributed by atoms with Crippen LogP contribution in [0.1, 0.15) is 38.5 Å². The number of benzene rings is 1. The zero-order valence-corrected chi connectivity index (χ0v) is 19.7. The van der Waals surface area contributed by atoms with Gasteiger partial charge in [0.15, 0.2) is 5.69 Å². The molecule has 0 unspecified atom stereocenters. The first kappa shape index (κ1) is 22.7. The smallest absolute Gasteiger partial charge is 0.317 e. The predicted octanol–water partition coefficient (Wildman–Crippen LogP) is 3.59. The minimum Gasteiger partial charge on any atom is -0.317 e. The first-order valence-electron chi connectivity index (χ1n) is 11.1. The van der Waals surface area contributed by atoms with Gasteiger partial charge in [0.1, 0.15) is 5.82 Å². The molecular formula is C22H22BrFN6O4. The fourth-order valence-electron chi connectivity index (χ4n) is 4.72. The number of amides is 1. The van der Waals surface area contributed by atoms with Crippen LogP contribution < -0.4 is 16.4 Å². The molecule has 10 nitrogen and oxygen atoms in total. The molecular weight excluding hydrogens is 511 g/mol. The maximum atomic E-state index is 13.7. The summed E-state index contributed by atoms with van der Waals surface area (Å²) >= 11 is 3.11. The summed E-state index contributed by atoms with van der Waals surface area (Å²) in [5.74, 6) is -1.49. The summed E-state index contributed by atoms with van der Waals surface area (Å²) in [6.07, 6.45) is 7.57. The summed E-state index contributed by atoms with van der Waals surface area (Å²) in [7, 11) is 0. The fourth-order valence-corrected chi connectivity index (χ4v) is 5.08. The number of nitrogens with one attached hydrogen (secondary N) is 2. The van der Waals surface area contributed by atoms with Crippen molar-refractivity contribution in [2.45, 2.75) is 38.5 Å². The van der Waals surface area contributed by atoms with E-state index in [4.69, 9.17) is 9.15 Å². The van der Waals surface area contributed by atoms with Crippen molar-refractivity contribution in [2.24, 2.45) is 5.41 Å². The molecule has 0 atom stereocenters. The molecule has 3 aromatic rings. The minimum atomic E-state index is -0.809. The van der Waals surface area contributed by atoms with Gasteiger partial charge in [-0.25, -0.2) is 18.4 Å². The highest BCUT2D eigenvalue weighted by atomic mass is 79.9. The van der Waals surface area contributed by atoms with Gasteiger partial charge in [-0.15, -0.1) is 0 Å². The first-order chi connectivity index (χ1) is 16.5. The van der Waals surface area contributed by atoms with Gasteiger partial charge in [-0.2, -0.15) is 0 Å². The Morgan fingerprint density at radius 3 is 2.76 bits per heavy atom. The summed E-state index contributed by atoms with van der Waals surface area (Å²) in [4.78, 5) is 26.1. The van der Waals surface area contributed by atoms with Crippen LogP contribution in [0.5, 0.6) is 0 Å². The highest BCUT2D eigenvalue weighted by Crippen LogP contribution is 2.43. The van der Waals surface area contributed by atoms with E-state index in [1.807, 2.05) is 0 Å². The quantitative estimate of drug-likeness (QED) is 0.477. The van der Waals surface area contributed by atoms with Gasteiger partial charge in [0.25, 0.3) is 0 Å². The second-order valence-electron chi connectivity index (χ2n) is 8.43. The molecule has 1 amide bonds. The zero-order chi connectivity index (χ0) is 23.7. The highest BCUT2D eigenvalue weighted by molar-refractivity contribution is 9.10. The van der Waals surface area contributed by atoms with Gasteiger partial charge in [0.05, 0.1) is 15.6 Å². The summed E-state index contributed by atoms with van der Waals surface area (Å²) in [6.45, 7) is 1.47. The molecule has 0 bridgehead atoms. The van der Waals surface area contributed by atoms with Crippen LogP contribution in [-0.2, 0) is 4.79 Å². The molecule has 1 saturated heterocycles. The van der Waals surface area contributed by atoms with Gasteiger partial charge in [0, 0.05) is 0 Å². The second kappa shape index (κ2) is 9.26. The monoisotopic (exact) mass is 532 g/mol. The predicted molar refractivity (Wildman–Crippen MR) is 123 cm³/mol. The number of piperidine rings is 1. The number of carbonyl (C=O) groups excluding carboxylic acids is 1. The zero-order valence-electron chi connectivity index (χ0n) is 18.1. The molecule has 0 spiro atoms. The summed E-state index contributed by atoms with van der Waals surface area (Å²) in [5.41, 5.74) is 0.830. The van der Waals surface area contributed by atoms with Crippen LogP contribution in [-0.4, -0.2) is 39.0 Å². The Labute approximate surface area is 201 Å². The molecule has 5 rings (SSSR count). The molecule has 178 valence electrons. The third-order valence-corrected chi connectivity index (χ3v) is 7.10. The van der Waals surface area contributed by atoms with E-state index < -0.39 is 17.0 Å². The normalized spacial score (nSPS) is 17.9. The van der Waals surface area contributed by atoms with Crippen molar-refractivity contribution in [1.82, 2.24) is 25.4 Å². The van der Waals surface area contributed by atoms with Crippen molar-refractivity contribution in [1.29, 1.82) is 0 Å². The average Bonchev–Trinajstić information content (AvgIpc) is 3.47. The Balaban J connectivity index is 1.50. The van der Waals surface area contributed by atoms with Gasteiger partial charge in [-0.05, 0) is 96.1 Å². The number of carbonyl (C=O) groups is 1. The largest absolute Gasteiger partial charge is 0.446 e. The third-order valence-electron chi connectivity index (χ3n) is 6.50. The number of aromatic nitrogens is 4. The average molecular weight is 533 g/mol. The summed E-state index contributed by atoms with van der Waals surface area (Å²) in [5, 5.41) is 17.7. The highest BCUT2D eigenvalue weighted by Gasteiger charge is 2.43. The van der Waals surface area contributed by atoms with Crippen LogP contribution in [0, 0.1) is 11.2 Å². The molecule has 1 aromatic carbocycles.